The van der Waals surface area contributed by atoms with Crippen LogP contribution in [-0.4, -0.2) is 3.21 Å². The third-order valence-electron chi connectivity index (χ3n) is 7.17. The standard InChI is InChI=1S/C17H17.C15H14.C5H5.Zr/c1-10-5-14-9-15-6-11(2)13(4)8-17(15)16(14)7-12(10)3;1-12-3-7-14(8-4-12)11-15-9-5-13(2)6-10-15;1-2-4-5-3-1;/h5-9H,1-4H3;3-10H,1-2H3;1-5H;/q-1;;-1;+2. The van der Waals surface area contributed by atoms with Crippen LogP contribution in [0.1, 0.15) is 44.5 Å². The molecule has 0 nitrogen and oxygen atoms in total. The fourth-order valence-electron chi connectivity index (χ4n) is 4.48. The first-order valence-corrected chi connectivity index (χ1v) is 14.4. The first-order chi connectivity index (χ1) is 18.2. The van der Waals surface area contributed by atoms with Crippen LogP contribution in [0.4, 0.5) is 0 Å². The Bertz CT molecular complexity index is 1510. The van der Waals surface area contributed by atoms with Crippen molar-refractivity contribution in [3.05, 3.63) is 154 Å². The van der Waals surface area contributed by atoms with Crippen molar-refractivity contribution < 1.29 is 24.2 Å². The van der Waals surface area contributed by atoms with Gasteiger partial charge in [-0.3, -0.25) is 0 Å². The van der Waals surface area contributed by atoms with Crippen LogP contribution >= 0.6 is 0 Å². The zero-order valence-electron chi connectivity index (χ0n) is 23.4. The molecular weight excluding hydrogens is 536 g/mol. The van der Waals surface area contributed by atoms with Crippen LogP contribution in [0.5, 0.6) is 0 Å². The monoisotopic (exact) mass is 570 g/mol. The summed E-state index contributed by atoms with van der Waals surface area (Å²) in [6.45, 7) is 13.0. The fraction of sp³-hybridized carbons (Fsp3) is 0.162. The summed E-state index contributed by atoms with van der Waals surface area (Å²) in [5, 5.41) is 5.53. The molecule has 188 valence electrons. The summed E-state index contributed by atoms with van der Waals surface area (Å²) in [6, 6.07) is 39.1. The second-order valence-electron chi connectivity index (χ2n) is 10.3. The molecule has 38 heavy (non-hydrogen) atoms. The molecule has 0 aliphatic heterocycles. The van der Waals surface area contributed by atoms with Gasteiger partial charge in [-0.1, -0.05) is 34.4 Å². The molecule has 0 amide bonds. The van der Waals surface area contributed by atoms with Crippen molar-refractivity contribution in [2.45, 2.75) is 41.5 Å². The third kappa shape index (κ3) is 6.83. The maximum Gasteiger partial charge on any atom is -0.172 e. The summed E-state index contributed by atoms with van der Waals surface area (Å²) in [5.41, 5.74) is 10.8. The quantitative estimate of drug-likeness (QED) is 0.181. The van der Waals surface area contributed by atoms with Crippen LogP contribution in [-0.2, 0) is 24.2 Å². The van der Waals surface area contributed by atoms with E-state index < -0.39 is 0 Å². The van der Waals surface area contributed by atoms with Crippen LogP contribution in [0.2, 0.25) is 0 Å². The number of fused-ring (bicyclic) bond motifs is 3. The first kappa shape index (κ1) is 27.9. The van der Waals surface area contributed by atoms with E-state index in [9.17, 15) is 0 Å². The minimum absolute atomic E-state index is 1.32. The molecule has 6 aromatic rings. The summed E-state index contributed by atoms with van der Waals surface area (Å²) >= 11 is 1.46. The van der Waals surface area contributed by atoms with Crippen LogP contribution < -0.4 is 0 Å². The predicted octanol–water partition coefficient (Wildman–Crippen LogP) is 9.77. The van der Waals surface area contributed by atoms with Crippen molar-refractivity contribution in [1.29, 1.82) is 0 Å². The topological polar surface area (TPSA) is 0 Å². The Labute approximate surface area is 243 Å². The van der Waals surface area contributed by atoms with E-state index in [2.05, 4.69) is 120 Å². The SMILES string of the molecule is Cc1cc2[cH-]c3cc(C)c(C)cc3c2cc1C.Cc1ccc([C](=[Zr+2])c2ccc(C)cc2)cc1.c1cc[cH-]c1. The molecule has 0 atom stereocenters. The Morgan fingerprint density at radius 3 is 1.24 bits per heavy atom. The Morgan fingerprint density at radius 1 is 0.526 bits per heavy atom. The van der Waals surface area contributed by atoms with Gasteiger partial charge in [0.2, 0.25) is 0 Å². The smallest absolute Gasteiger partial charge is 0.172 e. The van der Waals surface area contributed by atoms with Gasteiger partial charge in [0.15, 0.2) is 0 Å². The minimum Gasteiger partial charge on any atom is -0.214 e. The normalized spacial score (nSPS) is 10.5. The second-order valence-corrected chi connectivity index (χ2v) is 11.5. The molecule has 0 aromatic heterocycles. The van der Waals surface area contributed by atoms with E-state index in [0.29, 0.717) is 0 Å². The molecule has 0 aliphatic carbocycles. The molecule has 0 N–H and O–H groups in total. The van der Waals surface area contributed by atoms with Crippen LogP contribution in [0, 0.1) is 41.5 Å². The van der Waals surface area contributed by atoms with Gasteiger partial charge in [0.05, 0.1) is 0 Å². The molecule has 0 saturated heterocycles. The van der Waals surface area contributed by atoms with E-state index in [0.717, 1.165) is 0 Å². The summed E-state index contributed by atoms with van der Waals surface area (Å²) in [6.07, 6.45) is 0. The van der Waals surface area contributed by atoms with E-state index in [1.54, 1.807) is 0 Å². The van der Waals surface area contributed by atoms with E-state index >= 15 is 0 Å². The molecule has 0 saturated carbocycles. The fourth-order valence-corrected chi connectivity index (χ4v) is 5.30. The molecule has 0 fully saturated rings. The number of benzene rings is 4. The summed E-state index contributed by atoms with van der Waals surface area (Å²) in [4.78, 5) is 0. The Kier molecular flexibility index (Phi) is 9.24. The molecule has 0 bridgehead atoms. The van der Waals surface area contributed by atoms with E-state index in [-0.39, 0.29) is 0 Å². The average Bonchev–Trinajstić information content (AvgIpc) is 3.58. The first-order valence-electron chi connectivity index (χ1n) is 13.2. The van der Waals surface area contributed by atoms with Crippen molar-refractivity contribution in [2.75, 3.05) is 0 Å². The van der Waals surface area contributed by atoms with Crippen molar-refractivity contribution >= 4 is 24.8 Å². The van der Waals surface area contributed by atoms with Crippen LogP contribution in [0.15, 0.2) is 109 Å². The van der Waals surface area contributed by atoms with Crippen molar-refractivity contribution in [3.63, 3.8) is 0 Å². The molecule has 0 radical (unpaired) electrons. The number of hydrogen-bond acceptors (Lipinski definition) is 0. The van der Waals surface area contributed by atoms with Gasteiger partial charge < -0.3 is 0 Å². The maximum absolute atomic E-state index is 2.32. The van der Waals surface area contributed by atoms with Gasteiger partial charge in [0, 0.05) is 0 Å². The minimum atomic E-state index is 1.32. The summed E-state index contributed by atoms with van der Waals surface area (Å²) in [5.74, 6) is 0. The van der Waals surface area contributed by atoms with Crippen LogP contribution in [0.3, 0.4) is 0 Å². The van der Waals surface area contributed by atoms with E-state index in [1.165, 1.54) is 93.5 Å². The van der Waals surface area contributed by atoms with Gasteiger partial charge in [-0.2, -0.15) is 18.2 Å². The van der Waals surface area contributed by atoms with Gasteiger partial charge in [0.1, 0.15) is 0 Å². The zero-order chi connectivity index (χ0) is 27.2. The van der Waals surface area contributed by atoms with Crippen molar-refractivity contribution in [1.82, 2.24) is 0 Å². The van der Waals surface area contributed by atoms with Gasteiger partial charge in [0.25, 0.3) is 0 Å². The van der Waals surface area contributed by atoms with Gasteiger partial charge in [-0.05, 0) is 27.7 Å². The van der Waals surface area contributed by atoms with Gasteiger partial charge >= 0.3 is 112 Å². The van der Waals surface area contributed by atoms with E-state index in [1.807, 2.05) is 30.3 Å². The molecule has 0 aliphatic rings. The molecular formula is C37H36Zr. The van der Waals surface area contributed by atoms with Crippen LogP contribution in [0.25, 0.3) is 21.5 Å². The molecule has 0 heterocycles. The Hall–Kier alpha value is -3.15. The molecule has 0 spiro atoms. The average molecular weight is 572 g/mol. The summed E-state index contributed by atoms with van der Waals surface area (Å²) < 4.78 is 1.42. The second kappa shape index (κ2) is 12.6. The molecule has 0 unspecified atom stereocenters. The Morgan fingerprint density at radius 2 is 0.895 bits per heavy atom. The van der Waals surface area contributed by atoms with Crippen molar-refractivity contribution in [2.24, 2.45) is 0 Å². The van der Waals surface area contributed by atoms with E-state index in [4.69, 9.17) is 0 Å². The molecule has 6 aromatic carbocycles. The number of rotatable bonds is 2. The number of hydrogen-bond donors (Lipinski definition) is 0. The summed E-state index contributed by atoms with van der Waals surface area (Å²) in [7, 11) is 0. The van der Waals surface area contributed by atoms with Crippen molar-refractivity contribution in [3.8, 4) is 0 Å². The number of aryl methyl sites for hydroxylation is 6. The molecule has 1 heteroatoms. The maximum atomic E-state index is 2.32. The molecule has 6 rings (SSSR count). The third-order valence-corrected chi connectivity index (χ3v) is 8.59. The van der Waals surface area contributed by atoms with Gasteiger partial charge in [-0.25, -0.2) is 12.1 Å². The Balaban J connectivity index is 0.000000150. The van der Waals surface area contributed by atoms with Gasteiger partial charge in [-0.15, -0.1) is 39.7 Å². The zero-order valence-corrected chi connectivity index (χ0v) is 25.9. The largest absolute Gasteiger partial charge is 0.214 e. The predicted molar refractivity (Wildman–Crippen MR) is 164 cm³/mol.